The molecule has 6 rings (SSSR count). The van der Waals surface area contributed by atoms with Crippen LogP contribution in [-0.2, 0) is 19.5 Å². The lowest BCUT2D eigenvalue weighted by atomic mass is 10.0. The summed E-state index contributed by atoms with van der Waals surface area (Å²) in [5, 5.41) is 0.638. The summed E-state index contributed by atoms with van der Waals surface area (Å²) < 4.78 is 59.2. The van der Waals surface area contributed by atoms with E-state index in [0.29, 0.717) is 61.2 Å². The topological polar surface area (TPSA) is 146 Å². The lowest BCUT2D eigenvalue weighted by Gasteiger charge is -2.37. The van der Waals surface area contributed by atoms with E-state index in [1.165, 1.54) is 37.6 Å². The van der Waals surface area contributed by atoms with Gasteiger partial charge in [-0.05, 0) is 48.0 Å². The summed E-state index contributed by atoms with van der Waals surface area (Å²) in [4.78, 5) is 23.6. The number of halogens is 1. The van der Waals surface area contributed by atoms with Crippen LogP contribution in [0.4, 0.5) is 15.9 Å². The zero-order valence-electron chi connectivity index (χ0n) is 22.7. The number of benzene rings is 2. The number of likely N-dealkylation sites (tertiary alicyclic amines) is 1. The Balaban J connectivity index is 1.30. The second-order valence-electron chi connectivity index (χ2n) is 10.1. The van der Waals surface area contributed by atoms with Crippen molar-refractivity contribution in [3.63, 3.8) is 0 Å². The van der Waals surface area contributed by atoms with Crippen molar-refractivity contribution in [3.05, 3.63) is 72.2 Å². The number of anilines is 2. The van der Waals surface area contributed by atoms with Gasteiger partial charge >= 0.3 is 0 Å². The molecule has 1 spiro atoms. The molecule has 4 aromatic rings. The molecule has 2 saturated heterocycles. The van der Waals surface area contributed by atoms with Crippen LogP contribution in [0.5, 0.6) is 5.88 Å². The molecule has 218 valence electrons. The summed E-state index contributed by atoms with van der Waals surface area (Å²) in [7, 11) is -2.88. The van der Waals surface area contributed by atoms with E-state index < -0.39 is 21.6 Å². The quantitative estimate of drug-likeness (QED) is 0.341. The fourth-order valence-corrected chi connectivity index (χ4v) is 6.44. The number of nitrogens with zero attached hydrogens (tertiary/aromatic N) is 3. The number of pyridine rings is 2. The van der Waals surface area contributed by atoms with Gasteiger partial charge in [-0.1, -0.05) is 12.1 Å². The van der Waals surface area contributed by atoms with Crippen molar-refractivity contribution >= 4 is 38.3 Å². The highest BCUT2D eigenvalue weighted by Gasteiger charge is 2.41. The van der Waals surface area contributed by atoms with E-state index in [9.17, 15) is 17.6 Å². The number of sulfonamides is 1. The first-order valence-corrected chi connectivity index (χ1v) is 14.7. The summed E-state index contributed by atoms with van der Waals surface area (Å²) >= 11 is 0. The van der Waals surface area contributed by atoms with Crippen LogP contribution in [0.3, 0.4) is 0 Å². The summed E-state index contributed by atoms with van der Waals surface area (Å²) in [6, 6.07) is 13.5. The Labute approximate surface area is 241 Å². The third kappa shape index (κ3) is 5.33. The Bertz CT molecular complexity index is 1790. The number of nitrogens with two attached hydrogens (primary N) is 1. The smallest absolute Gasteiger partial charge is 0.267 e. The number of piperidine rings is 1. The maximum atomic E-state index is 13.7. The molecule has 3 N–H and O–H groups in total. The molecular formula is C29H28FN5O6S. The van der Waals surface area contributed by atoms with E-state index in [2.05, 4.69) is 14.7 Å². The van der Waals surface area contributed by atoms with Crippen LogP contribution in [0.2, 0.25) is 0 Å². The molecule has 0 bridgehead atoms. The number of rotatable bonds is 6. The van der Waals surface area contributed by atoms with Gasteiger partial charge in [-0.2, -0.15) is 0 Å². The summed E-state index contributed by atoms with van der Waals surface area (Å²) in [6.45, 7) is 2.04. The first-order chi connectivity index (χ1) is 20.2. The molecule has 11 nitrogen and oxygen atoms in total. The van der Waals surface area contributed by atoms with Gasteiger partial charge in [-0.25, -0.2) is 22.8 Å². The largest absolute Gasteiger partial charge is 0.480 e. The van der Waals surface area contributed by atoms with Gasteiger partial charge in [0.05, 0.1) is 37.1 Å². The molecule has 0 aliphatic carbocycles. The number of hydrogen-bond acceptors (Lipinski definition) is 9. The lowest BCUT2D eigenvalue weighted by Crippen LogP contribution is -2.47. The highest BCUT2D eigenvalue weighted by molar-refractivity contribution is 7.92. The van der Waals surface area contributed by atoms with Crippen LogP contribution >= 0.6 is 0 Å². The number of nitrogens with one attached hydrogen (secondary N) is 1. The molecule has 13 heteroatoms. The molecule has 2 aromatic carbocycles. The van der Waals surface area contributed by atoms with E-state index >= 15 is 0 Å². The predicted octanol–water partition coefficient (Wildman–Crippen LogP) is 3.81. The van der Waals surface area contributed by atoms with Gasteiger partial charge in [0.1, 0.15) is 16.5 Å². The molecule has 2 aromatic heterocycles. The van der Waals surface area contributed by atoms with E-state index in [4.69, 9.17) is 19.9 Å². The average molecular weight is 594 g/mol. The second kappa shape index (κ2) is 10.8. The maximum Gasteiger partial charge on any atom is 0.267 e. The van der Waals surface area contributed by atoms with Crippen LogP contribution in [0.25, 0.3) is 22.0 Å². The average Bonchev–Trinajstić information content (AvgIpc) is 3.43. The van der Waals surface area contributed by atoms with Crippen LogP contribution in [0, 0.1) is 5.82 Å². The lowest BCUT2D eigenvalue weighted by molar-refractivity contribution is -0.181. The zero-order chi connectivity index (χ0) is 29.5. The van der Waals surface area contributed by atoms with E-state index in [1.807, 2.05) is 0 Å². The van der Waals surface area contributed by atoms with Gasteiger partial charge in [0.25, 0.3) is 15.9 Å². The Morgan fingerprint density at radius 2 is 1.83 bits per heavy atom. The maximum absolute atomic E-state index is 13.7. The van der Waals surface area contributed by atoms with Crippen molar-refractivity contribution in [2.24, 2.45) is 0 Å². The Morgan fingerprint density at radius 1 is 1.07 bits per heavy atom. The number of hydrogen-bond donors (Lipinski definition) is 2. The molecule has 2 aliphatic heterocycles. The van der Waals surface area contributed by atoms with Crippen molar-refractivity contribution in [1.29, 1.82) is 0 Å². The van der Waals surface area contributed by atoms with Gasteiger partial charge in [-0.15, -0.1) is 0 Å². The van der Waals surface area contributed by atoms with E-state index in [-0.39, 0.29) is 33.8 Å². The molecule has 0 unspecified atom stereocenters. The van der Waals surface area contributed by atoms with Crippen molar-refractivity contribution in [2.45, 2.75) is 23.5 Å². The normalized spacial score (nSPS) is 16.6. The molecule has 4 heterocycles. The van der Waals surface area contributed by atoms with E-state index in [0.717, 1.165) is 6.07 Å². The molecule has 0 saturated carbocycles. The van der Waals surface area contributed by atoms with Crippen LogP contribution in [-0.4, -0.2) is 68.4 Å². The minimum absolute atomic E-state index is 0.0567. The van der Waals surface area contributed by atoms with Gasteiger partial charge in [0.15, 0.2) is 5.79 Å². The van der Waals surface area contributed by atoms with Gasteiger partial charge in [0.2, 0.25) is 5.88 Å². The summed E-state index contributed by atoms with van der Waals surface area (Å²) in [5.41, 5.74) is 8.20. The van der Waals surface area contributed by atoms with E-state index in [1.54, 1.807) is 29.2 Å². The highest BCUT2D eigenvalue weighted by Crippen LogP contribution is 2.34. The number of amides is 1. The summed E-state index contributed by atoms with van der Waals surface area (Å²) in [5.74, 6) is -1.43. The Hall–Kier alpha value is -4.33. The Kier molecular flexibility index (Phi) is 7.17. The van der Waals surface area contributed by atoms with Crippen LogP contribution < -0.4 is 15.2 Å². The number of nitrogen functional groups attached to an aromatic ring is 1. The number of methoxy groups -OCH3 is 1. The van der Waals surface area contributed by atoms with Crippen molar-refractivity contribution in [1.82, 2.24) is 14.9 Å². The third-order valence-corrected chi connectivity index (χ3v) is 8.79. The fraction of sp³-hybridized carbons (Fsp3) is 0.276. The highest BCUT2D eigenvalue weighted by atomic mass is 32.2. The number of fused-ring (bicyclic) bond motifs is 1. The summed E-state index contributed by atoms with van der Waals surface area (Å²) in [6.07, 6.45) is 2.63. The first-order valence-electron chi connectivity index (χ1n) is 13.3. The third-order valence-electron chi connectivity index (χ3n) is 7.41. The minimum Gasteiger partial charge on any atom is -0.480 e. The van der Waals surface area contributed by atoms with Crippen molar-refractivity contribution in [2.75, 3.05) is 43.9 Å². The molecule has 0 atom stereocenters. The molecule has 0 radical (unpaired) electrons. The van der Waals surface area contributed by atoms with Gasteiger partial charge in [-0.3, -0.25) is 9.52 Å². The van der Waals surface area contributed by atoms with Crippen molar-refractivity contribution < 1.29 is 31.8 Å². The van der Waals surface area contributed by atoms with Crippen LogP contribution in [0.15, 0.2) is 65.7 Å². The molecular weight excluding hydrogens is 565 g/mol. The monoisotopic (exact) mass is 593 g/mol. The van der Waals surface area contributed by atoms with Gasteiger partial charge < -0.3 is 24.8 Å². The number of ether oxygens (including phenoxy) is 3. The molecule has 2 aliphatic rings. The number of carbonyl (C=O) groups is 1. The SMILES string of the molecule is COc1ncc(-c2ccc3nc(N)c(C(=O)N4CCC5(CC4)OCCO5)cc3c2)cc1S(=O)(=O)Nc1cccc(F)c1. The first kappa shape index (κ1) is 27.8. The molecule has 1 amide bonds. The second-order valence-corrected chi connectivity index (χ2v) is 11.7. The zero-order valence-corrected chi connectivity index (χ0v) is 23.5. The number of carbonyl (C=O) groups excluding carboxylic acids is 1. The van der Waals surface area contributed by atoms with Crippen LogP contribution in [0.1, 0.15) is 23.2 Å². The van der Waals surface area contributed by atoms with Crippen molar-refractivity contribution in [3.8, 4) is 17.0 Å². The standard InChI is InChI=1S/C29H28FN5O6S/c1-39-27-25(42(37,38)34-22-4-2-3-21(30)16-22)15-20(17-32-27)18-5-6-24-19(13-18)14-23(26(31)33-24)28(36)35-9-7-29(8-10-35)40-11-12-41-29/h2-6,13-17,34H,7-12H2,1H3,(H2,31,33). The Morgan fingerprint density at radius 3 is 2.55 bits per heavy atom. The minimum atomic E-state index is -4.19. The number of aromatic nitrogens is 2. The van der Waals surface area contributed by atoms with Gasteiger partial charge in [0, 0.05) is 43.1 Å². The predicted molar refractivity (Wildman–Crippen MR) is 153 cm³/mol. The molecule has 2 fully saturated rings. The molecule has 42 heavy (non-hydrogen) atoms. The fourth-order valence-electron chi connectivity index (χ4n) is 5.25.